The van der Waals surface area contributed by atoms with Crippen molar-refractivity contribution < 1.29 is 14.6 Å². The number of hydrogen-bond donors (Lipinski definition) is 1. The normalized spacial score (nSPS) is 17.8. The first-order chi connectivity index (χ1) is 14.6. The van der Waals surface area contributed by atoms with E-state index >= 15 is 0 Å². The van der Waals surface area contributed by atoms with E-state index in [2.05, 4.69) is 21.9 Å². The summed E-state index contributed by atoms with van der Waals surface area (Å²) in [6.45, 7) is 7.33. The third-order valence-corrected chi connectivity index (χ3v) is 6.05. The van der Waals surface area contributed by atoms with Crippen molar-refractivity contribution in [1.82, 2.24) is 4.90 Å². The molecule has 0 saturated carbocycles. The molecule has 2 saturated heterocycles. The number of carbonyl (C=O) groups is 1. The molecule has 0 bridgehead atoms. The van der Waals surface area contributed by atoms with E-state index in [1.807, 2.05) is 23.1 Å². The van der Waals surface area contributed by atoms with Crippen LogP contribution in [0.25, 0.3) is 0 Å². The van der Waals surface area contributed by atoms with E-state index < -0.39 is 0 Å². The highest BCUT2D eigenvalue weighted by Crippen LogP contribution is 2.19. The lowest BCUT2D eigenvalue weighted by Crippen LogP contribution is -3.16. The van der Waals surface area contributed by atoms with Gasteiger partial charge in [-0.25, -0.2) is 0 Å². The van der Waals surface area contributed by atoms with Crippen molar-refractivity contribution in [2.45, 2.75) is 0 Å². The van der Waals surface area contributed by atoms with Crippen LogP contribution in [0.2, 0.25) is 0 Å². The fourth-order valence-electron chi connectivity index (χ4n) is 4.22. The molecule has 158 valence electrons. The summed E-state index contributed by atoms with van der Waals surface area (Å²) < 4.78 is 0. The summed E-state index contributed by atoms with van der Waals surface area (Å²) in [6.07, 6.45) is 0. The number of carbonyl (C=O) groups excluding carboxylic acids is 1. The quantitative estimate of drug-likeness (QED) is 0.579. The Bertz CT molecular complexity index is 858. The number of nitrogens with zero attached hydrogens (tertiary/aromatic N) is 4. The van der Waals surface area contributed by atoms with Crippen LogP contribution in [-0.2, 0) is 4.79 Å². The number of benzene rings is 2. The van der Waals surface area contributed by atoms with Crippen LogP contribution in [0, 0.1) is 10.1 Å². The summed E-state index contributed by atoms with van der Waals surface area (Å²) in [7, 11) is 0. The highest BCUT2D eigenvalue weighted by molar-refractivity contribution is 5.77. The maximum atomic E-state index is 12.8. The van der Waals surface area contributed by atoms with Gasteiger partial charge in [0.1, 0.15) is 0 Å². The van der Waals surface area contributed by atoms with Gasteiger partial charge < -0.3 is 19.6 Å². The lowest BCUT2D eigenvalue weighted by molar-refractivity contribution is -0.892. The number of quaternary nitrogens is 1. The lowest BCUT2D eigenvalue weighted by atomic mass is 10.2. The number of para-hydroxylation sites is 1. The van der Waals surface area contributed by atoms with Crippen LogP contribution < -0.4 is 14.7 Å². The molecular weight excluding hydrogens is 382 g/mol. The average molecular weight is 410 g/mol. The van der Waals surface area contributed by atoms with Crippen LogP contribution in [0.1, 0.15) is 0 Å². The van der Waals surface area contributed by atoms with Crippen LogP contribution in [0.3, 0.4) is 0 Å². The van der Waals surface area contributed by atoms with Gasteiger partial charge in [0.2, 0.25) is 0 Å². The van der Waals surface area contributed by atoms with Crippen molar-refractivity contribution in [2.24, 2.45) is 0 Å². The van der Waals surface area contributed by atoms with Crippen molar-refractivity contribution in [2.75, 3.05) is 68.7 Å². The first-order valence-electron chi connectivity index (χ1n) is 10.5. The zero-order valence-electron chi connectivity index (χ0n) is 17.1. The number of nitro benzene ring substituents is 1. The molecule has 8 nitrogen and oxygen atoms in total. The largest absolute Gasteiger partial charge is 0.368 e. The summed E-state index contributed by atoms with van der Waals surface area (Å²) in [5.74, 6) is 0.237. The van der Waals surface area contributed by atoms with Crippen LogP contribution in [0.4, 0.5) is 17.1 Å². The molecule has 2 heterocycles. The van der Waals surface area contributed by atoms with Gasteiger partial charge in [-0.1, -0.05) is 18.2 Å². The molecule has 1 N–H and O–H groups in total. The Hall–Kier alpha value is -3.13. The van der Waals surface area contributed by atoms with E-state index in [1.165, 1.54) is 10.6 Å². The molecule has 0 aromatic heterocycles. The summed E-state index contributed by atoms with van der Waals surface area (Å²) >= 11 is 0. The first kappa shape index (κ1) is 20.2. The molecule has 0 unspecified atom stereocenters. The first-order valence-corrected chi connectivity index (χ1v) is 10.5. The van der Waals surface area contributed by atoms with E-state index in [0.29, 0.717) is 6.54 Å². The molecule has 0 aliphatic carbocycles. The number of nitrogens with one attached hydrogen (secondary N) is 1. The van der Waals surface area contributed by atoms with E-state index in [9.17, 15) is 14.9 Å². The number of rotatable bonds is 5. The number of nitro groups is 1. The SMILES string of the molecule is O=C(C[NH+]1CCN(c2ccc([N+](=O)[O-])cc2)CC1)N1CCN(c2ccccc2)CC1. The number of piperazine rings is 2. The molecule has 2 fully saturated rings. The van der Waals surface area contributed by atoms with Crippen molar-refractivity contribution in [3.8, 4) is 0 Å². The van der Waals surface area contributed by atoms with Crippen LogP contribution in [0.5, 0.6) is 0 Å². The molecule has 4 rings (SSSR count). The Kier molecular flexibility index (Phi) is 6.13. The smallest absolute Gasteiger partial charge is 0.277 e. The van der Waals surface area contributed by atoms with Gasteiger partial charge in [0.25, 0.3) is 11.6 Å². The van der Waals surface area contributed by atoms with Crippen LogP contribution in [0.15, 0.2) is 54.6 Å². The van der Waals surface area contributed by atoms with Gasteiger partial charge in [-0.2, -0.15) is 0 Å². The van der Waals surface area contributed by atoms with Crippen molar-refractivity contribution >= 4 is 23.0 Å². The lowest BCUT2D eigenvalue weighted by Gasteiger charge is -2.37. The fourth-order valence-corrected chi connectivity index (χ4v) is 4.22. The molecule has 2 aromatic carbocycles. The van der Waals surface area contributed by atoms with Crippen LogP contribution >= 0.6 is 0 Å². The zero-order chi connectivity index (χ0) is 20.9. The Balaban J connectivity index is 1.22. The minimum atomic E-state index is -0.378. The van der Waals surface area contributed by atoms with E-state index in [-0.39, 0.29) is 16.5 Å². The van der Waals surface area contributed by atoms with Gasteiger partial charge >= 0.3 is 0 Å². The van der Waals surface area contributed by atoms with Gasteiger partial charge in [0.15, 0.2) is 6.54 Å². The Morgan fingerprint density at radius 3 is 2.00 bits per heavy atom. The summed E-state index contributed by atoms with van der Waals surface area (Å²) in [6, 6.07) is 17.1. The fraction of sp³-hybridized carbons (Fsp3) is 0.409. The van der Waals surface area contributed by atoms with Crippen molar-refractivity contribution in [1.29, 1.82) is 0 Å². The summed E-state index contributed by atoms with van der Waals surface area (Å²) in [5.41, 5.74) is 2.33. The van der Waals surface area contributed by atoms with Crippen molar-refractivity contribution in [3.63, 3.8) is 0 Å². The predicted molar refractivity (Wildman–Crippen MR) is 116 cm³/mol. The molecule has 1 amide bonds. The number of amides is 1. The second-order valence-corrected chi connectivity index (χ2v) is 7.89. The monoisotopic (exact) mass is 410 g/mol. The average Bonchev–Trinajstić information content (AvgIpc) is 2.80. The van der Waals surface area contributed by atoms with Gasteiger partial charge in [-0.15, -0.1) is 0 Å². The van der Waals surface area contributed by atoms with E-state index in [1.54, 1.807) is 24.3 Å². The van der Waals surface area contributed by atoms with E-state index in [4.69, 9.17) is 0 Å². The molecule has 8 heteroatoms. The number of non-ortho nitro benzene ring substituents is 1. The Labute approximate surface area is 176 Å². The molecule has 30 heavy (non-hydrogen) atoms. The van der Waals surface area contributed by atoms with Crippen LogP contribution in [-0.4, -0.2) is 74.6 Å². The molecule has 2 aromatic rings. The van der Waals surface area contributed by atoms with Crippen molar-refractivity contribution in [3.05, 3.63) is 64.7 Å². The predicted octanol–water partition coefficient (Wildman–Crippen LogP) is 0.649. The molecule has 0 radical (unpaired) electrons. The number of anilines is 2. The maximum Gasteiger partial charge on any atom is 0.277 e. The molecule has 2 aliphatic heterocycles. The van der Waals surface area contributed by atoms with Gasteiger partial charge in [0.05, 0.1) is 31.1 Å². The van der Waals surface area contributed by atoms with Gasteiger partial charge in [0, 0.05) is 49.7 Å². The molecule has 2 aliphatic rings. The number of hydrogen-bond acceptors (Lipinski definition) is 5. The minimum Gasteiger partial charge on any atom is -0.368 e. The Morgan fingerprint density at radius 2 is 1.40 bits per heavy atom. The minimum absolute atomic E-state index is 0.112. The highest BCUT2D eigenvalue weighted by atomic mass is 16.6. The third-order valence-electron chi connectivity index (χ3n) is 6.05. The second kappa shape index (κ2) is 9.13. The summed E-state index contributed by atoms with van der Waals surface area (Å²) in [5, 5.41) is 10.8. The molecular formula is C22H28N5O3+. The van der Waals surface area contributed by atoms with Gasteiger partial charge in [-0.3, -0.25) is 14.9 Å². The van der Waals surface area contributed by atoms with E-state index in [0.717, 1.165) is 58.0 Å². The topological polar surface area (TPSA) is 74.4 Å². The third kappa shape index (κ3) is 4.71. The Morgan fingerprint density at radius 1 is 0.833 bits per heavy atom. The zero-order valence-corrected chi connectivity index (χ0v) is 17.1. The highest BCUT2D eigenvalue weighted by Gasteiger charge is 2.27. The molecule has 0 spiro atoms. The standard InChI is InChI=1S/C22H27N5O3/c28-22(26-16-14-25(15-17-26)19-4-2-1-3-5-19)18-23-10-12-24(13-11-23)20-6-8-21(9-7-20)27(29)30/h1-9H,10-18H2/p+1. The second-order valence-electron chi connectivity index (χ2n) is 7.89. The summed E-state index contributed by atoms with van der Waals surface area (Å²) in [4.78, 5) is 31.1. The maximum absolute atomic E-state index is 12.8. The van der Waals surface area contributed by atoms with Gasteiger partial charge in [-0.05, 0) is 24.3 Å². The molecule has 0 atom stereocenters.